The SMILES string of the molecule is CN=C(NCC1(N2CCCCC2)CCCCC1)NC1CCN(C(C)C)CC1.I. The molecule has 1 aliphatic carbocycles. The molecule has 0 radical (unpaired) electrons. The molecule has 164 valence electrons. The monoisotopic (exact) mass is 505 g/mol. The molecule has 2 aliphatic heterocycles. The van der Waals surface area contributed by atoms with Crippen molar-refractivity contribution in [2.75, 3.05) is 39.8 Å². The fraction of sp³-hybridized carbons (Fsp3) is 0.955. The molecule has 2 saturated heterocycles. The highest BCUT2D eigenvalue weighted by molar-refractivity contribution is 14.0. The van der Waals surface area contributed by atoms with Gasteiger partial charge >= 0.3 is 0 Å². The van der Waals surface area contributed by atoms with Gasteiger partial charge in [0.25, 0.3) is 0 Å². The highest BCUT2D eigenvalue weighted by Gasteiger charge is 2.38. The van der Waals surface area contributed by atoms with Crippen molar-refractivity contribution in [3.05, 3.63) is 0 Å². The van der Waals surface area contributed by atoms with Crippen LogP contribution in [0.1, 0.15) is 78.1 Å². The number of rotatable bonds is 5. The van der Waals surface area contributed by atoms with E-state index in [9.17, 15) is 0 Å². The van der Waals surface area contributed by atoms with Gasteiger partial charge in [0.1, 0.15) is 0 Å². The Morgan fingerprint density at radius 2 is 1.57 bits per heavy atom. The van der Waals surface area contributed by atoms with E-state index in [4.69, 9.17) is 0 Å². The lowest BCUT2D eigenvalue weighted by Gasteiger charge is -2.48. The maximum absolute atomic E-state index is 4.56. The fourth-order valence-electron chi connectivity index (χ4n) is 5.38. The zero-order valence-corrected chi connectivity index (χ0v) is 20.8. The molecule has 3 aliphatic rings. The maximum Gasteiger partial charge on any atom is 0.191 e. The Balaban J connectivity index is 0.00000280. The number of hydrogen-bond acceptors (Lipinski definition) is 3. The minimum absolute atomic E-state index is 0. The smallest absolute Gasteiger partial charge is 0.191 e. The number of hydrogen-bond donors (Lipinski definition) is 2. The van der Waals surface area contributed by atoms with Crippen LogP contribution in [0.25, 0.3) is 0 Å². The molecular weight excluding hydrogens is 461 g/mol. The Morgan fingerprint density at radius 3 is 2.14 bits per heavy atom. The fourth-order valence-corrected chi connectivity index (χ4v) is 5.38. The van der Waals surface area contributed by atoms with Gasteiger partial charge in [-0.25, -0.2) is 0 Å². The molecule has 5 nitrogen and oxygen atoms in total. The molecule has 1 saturated carbocycles. The van der Waals surface area contributed by atoms with E-state index >= 15 is 0 Å². The number of aliphatic imine (C=N–C) groups is 1. The first-order valence-electron chi connectivity index (χ1n) is 11.6. The predicted octanol–water partition coefficient (Wildman–Crippen LogP) is 3.83. The third-order valence-electron chi connectivity index (χ3n) is 7.22. The van der Waals surface area contributed by atoms with Gasteiger partial charge in [0.05, 0.1) is 0 Å². The third-order valence-corrected chi connectivity index (χ3v) is 7.22. The summed E-state index contributed by atoms with van der Waals surface area (Å²) in [7, 11) is 1.92. The van der Waals surface area contributed by atoms with E-state index < -0.39 is 0 Å². The number of nitrogens with one attached hydrogen (secondary N) is 2. The van der Waals surface area contributed by atoms with E-state index in [2.05, 4.69) is 39.3 Å². The van der Waals surface area contributed by atoms with Gasteiger partial charge in [0, 0.05) is 44.3 Å². The van der Waals surface area contributed by atoms with Crippen LogP contribution < -0.4 is 10.6 Å². The first-order chi connectivity index (χ1) is 13.1. The van der Waals surface area contributed by atoms with Crippen LogP contribution in [-0.2, 0) is 0 Å². The van der Waals surface area contributed by atoms with Crippen molar-refractivity contribution < 1.29 is 0 Å². The molecule has 0 amide bonds. The van der Waals surface area contributed by atoms with Crippen molar-refractivity contribution >= 4 is 29.9 Å². The molecule has 0 aromatic carbocycles. The minimum atomic E-state index is 0. The van der Waals surface area contributed by atoms with Gasteiger partial charge < -0.3 is 15.5 Å². The normalized spacial score (nSPS) is 25.4. The molecule has 0 bridgehead atoms. The molecule has 2 heterocycles. The third kappa shape index (κ3) is 6.46. The van der Waals surface area contributed by atoms with Gasteiger partial charge in [-0.1, -0.05) is 25.7 Å². The molecule has 3 rings (SSSR count). The van der Waals surface area contributed by atoms with Gasteiger partial charge in [-0.2, -0.15) is 0 Å². The molecule has 6 heteroatoms. The Hall–Kier alpha value is -0.0800. The van der Waals surface area contributed by atoms with Crippen LogP contribution in [0.5, 0.6) is 0 Å². The van der Waals surface area contributed by atoms with Gasteiger partial charge in [0.15, 0.2) is 5.96 Å². The van der Waals surface area contributed by atoms with Gasteiger partial charge in [-0.05, 0) is 65.5 Å². The summed E-state index contributed by atoms with van der Waals surface area (Å²) in [5, 5.41) is 7.46. The largest absolute Gasteiger partial charge is 0.355 e. The summed E-state index contributed by atoms with van der Waals surface area (Å²) in [6.07, 6.45) is 13.5. The number of guanidine groups is 1. The molecule has 0 aromatic heterocycles. The summed E-state index contributed by atoms with van der Waals surface area (Å²) >= 11 is 0. The van der Waals surface area contributed by atoms with Crippen molar-refractivity contribution in [2.45, 2.75) is 95.7 Å². The number of nitrogens with zero attached hydrogens (tertiary/aromatic N) is 3. The van der Waals surface area contributed by atoms with Crippen LogP contribution in [0.4, 0.5) is 0 Å². The topological polar surface area (TPSA) is 42.9 Å². The van der Waals surface area contributed by atoms with Gasteiger partial charge in [-0.3, -0.25) is 9.89 Å². The van der Waals surface area contributed by atoms with E-state index in [0.29, 0.717) is 17.6 Å². The Labute approximate surface area is 190 Å². The van der Waals surface area contributed by atoms with E-state index in [1.54, 1.807) is 0 Å². The lowest BCUT2D eigenvalue weighted by atomic mass is 9.79. The van der Waals surface area contributed by atoms with E-state index in [-0.39, 0.29) is 24.0 Å². The summed E-state index contributed by atoms with van der Waals surface area (Å²) in [6, 6.07) is 1.22. The quantitative estimate of drug-likeness (QED) is 0.339. The molecule has 0 unspecified atom stereocenters. The van der Waals surface area contributed by atoms with Crippen LogP contribution in [0, 0.1) is 0 Å². The van der Waals surface area contributed by atoms with E-state index in [1.807, 2.05) is 7.05 Å². The summed E-state index contributed by atoms with van der Waals surface area (Å²) in [5.41, 5.74) is 0.358. The highest BCUT2D eigenvalue weighted by atomic mass is 127. The van der Waals surface area contributed by atoms with Crippen molar-refractivity contribution in [2.24, 2.45) is 4.99 Å². The van der Waals surface area contributed by atoms with Gasteiger partial charge in [-0.15, -0.1) is 24.0 Å². The zero-order valence-electron chi connectivity index (χ0n) is 18.5. The Kier molecular flexibility index (Phi) is 10.3. The predicted molar refractivity (Wildman–Crippen MR) is 131 cm³/mol. The standard InChI is InChI=1S/C22H43N5.HI/c1-19(2)26-16-10-20(11-17-26)25-21(23-3)24-18-22(12-6-4-7-13-22)27-14-8-5-9-15-27;/h19-20H,4-18H2,1-3H3,(H2,23,24,25);1H. The summed E-state index contributed by atoms with van der Waals surface area (Å²) in [5.74, 6) is 1.01. The van der Waals surface area contributed by atoms with Crippen LogP contribution in [0.2, 0.25) is 0 Å². The molecule has 2 N–H and O–H groups in total. The second-order valence-corrected chi connectivity index (χ2v) is 9.31. The second-order valence-electron chi connectivity index (χ2n) is 9.31. The van der Waals surface area contributed by atoms with Crippen molar-refractivity contribution in [3.63, 3.8) is 0 Å². The molecule has 28 heavy (non-hydrogen) atoms. The van der Waals surface area contributed by atoms with Crippen molar-refractivity contribution in [1.29, 1.82) is 0 Å². The van der Waals surface area contributed by atoms with Crippen LogP contribution in [-0.4, -0.2) is 73.2 Å². The molecule has 0 aromatic rings. The van der Waals surface area contributed by atoms with Crippen molar-refractivity contribution in [1.82, 2.24) is 20.4 Å². The number of likely N-dealkylation sites (tertiary alicyclic amines) is 2. The first-order valence-corrected chi connectivity index (χ1v) is 11.6. The van der Waals surface area contributed by atoms with Crippen molar-refractivity contribution in [3.8, 4) is 0 Å². The average molecular weight is 506 g/mol. The number of halogens is 1. The van der Waals surface area contributed by atoms with E-state index in [1.165, 1.54) is 90.4 Å². The average Bonchev–Trinajstić information content (AvgIpc) is 2.72. The lowest BCUT2D eigenvalue weighted by molar-refractivity contribution is 0.0367. The molecule has 0 atom stereocenters. The summed E-state index contributed by atoms with van der Waals surface area (Å²) in [6.45, 7) is 10.6. The minimum Gasteiger partial charge on any atom is -0.355 e. The first kappa shape index (κ1) is 24.2. The van der Waals surface area contributed by atoms with Crippen LogP contribution in [0.3, 0.4) is 0 Å². The molecule has 3 fully saturated rings. The highest BCUT2D eigenvalue weighted by Crippen LogP contribution is 2.35. The van der Waals surface area contributed by atoms with Crippen LogP contribution in [0.15, 0.2) is 4.99 Å². The lowest BCUT2D eigenvalue weighted by Crippen LogP contribution is -2.60. The number of piperidine rings is 2. The molecular formula is C22H44IN5. The Bertz CT molecular complexity index is 462. The maximum atomic E-state index is 4.56. The van der Waals surface area contributed by atoms with Gasteiger partial charge in [0.2, 0.25) is 0 Å². The van der Waals surface area contributed by atoms with E-state index in [0.717, 1.165) is 12.5 Å². The van der Waals surface area contributed by atoms with Crippen LogP contribution >= 0.6 is 24.0 Å². The summed E-state index contributed by atoms with van der Waals surface area (Å²) < 4.78 is 0. The zero-order chi connectivity index (χ0) is 19.1. The summed E-state index contributed by atoms with van der Waals surface area (Å²) in [4.78, 5) is 9.96. The second kappa shape index (κ2) is 11.9. The molecule has 0 spiro atoms. The Morgan fingerprint density at radius 1 is 0.964 bits per heavy atom.